The average molecular weight is 267 g/mol. The first kappa shape index (κ1) is 15.1. The highest BCUT2D eigenvalue weighted by atomic mass is 16.6. The number of hydrogen-bond acceptors (Lipinski definition) is 5. The van der Waals surface area contributed by atoms with Crippen LogP contribution in [-0.4, -0.2) is 25.8 Å². The second-order valence-corrected chi connectivity index (χ2v) is 4.05. The summed E-state index contributed by atoms with van der Waals surface area (Å²) in [5, 5.41) is 0. The zero-order valence-electron chi connectivity index (χ0n) is 11.6. The maximum absolute atomic E-state index is 11.8. The van der Waals surface area contributed by atoms with Gasteiger partial charge in [0.15, 0.2) is 6.10 Å². The Hall–Kier alpha value is -1.91. The third-order valence-corrected chi connectivity index (χ3v) is 2.59. The van der Waals surface area contributed by atoms with E-state index < -0.39 is 6.10 Å². The summed E-state index contributed by atoms with van der Waals surface area (Å²) in [5.74, 6) is 0.695. The monoisotopic (exact) mass is 267 g/mol. The quantitative estimate of drug-likeness (QED) is 0.606. The summed E-state index contributed by atoms with van der Waals surface area (Å²) in [7, 11) is 1.56. The van der Waals surface area contributed by atoms with Crippen LogP contribution in [0, 0.1) is 0 Å². The Labute approximate surface area is 113 Å². The Balaban J connectivity index is 2.86. The number of benzene rings is 1. The Kier molecular flexibility index (Phi) is 5.99. The summed E-state index contributed by atoms with van der Waals surface area (Å²) in [5.41, 5.74) is 6.29. The van der Waals surface area contributed by atoms with Crippen LogP contribution >= 0.6 is 0 Å². The van der Waals surface area contributed by atoms with Crippen LogP contribution in [0.5, 0.6) is 11.5 Å². The number of anilines is 1. The van der Waals surface area contributed by atoms with Crippen LogP contribution in [0.3, 0.4) is 0 Å². The van der Waals surface area contributed by atoms with Crippen molar-refractivity contribution >= 4 is 11.7 Å². The van der Waals surface area contributed by atoms with Crippen molar-refractivity contribution in [2.75, 3.05) is 19.5 Å². The lowest BCUT2D eigenvalue weighted by molar-refractivity contribution is -0.151. The van der Waals surface area contributed by atoms with Crippen molar-refractivity contribution in [3.05, 3.63) is 18.2 Å². The largest absolute Gasteiger partial charge is 0.497 e. The van der Waals surface area contributed by atoms with Gasteiger partial charge in [-0.15, -0.1) is 0 Å². The van der Waals surface area contributed by atoms with Crippen molar-refractivity contribution in [1.82, 2.24) is 0 Å². The minimum atomic E-state index is -0.639. The first-order valence-electron chi connectivity index (χ1n) is 6.39. The fourth-order valence-electron chi connectivity index (χ4n) is 1.62. The number of nitrogen functional groups attached to an aromatic ring is 1. The van der Waals surface area contributed by atoms with Gasteiger partial charge in [0.2, 0.25) is 0 Å². The van der Waals surface area contributed by atoms with Gasteiger partial charge >= 0.3 is 5.97 Å². The predicted molar refractivity (Wildman–Crippen MR) is 73.4 cm³/mol. The van der Waals surface area contributed by atoms with Crippen molar-refractivity contribution in [1.29, 1.82) is 0 Å². The van der Waals surface area contributed by atoms with E-state index in [-0.39, 0.29) is 5.97 Å². The number of rotatable bonds is 7. The summed E-state index contributed by atoms with van der Waals surface area (Å²) in [6, 6.07) is 5.08. The normalized spacial score (nSPS) is 11.7. The number of methoxy groups -OCH3 is 1. The Bertz CT molecular complexity index is 420. The molecule has 0 amide bonds. The van der Waals surface area contributed by atoms with Gasteiger partial charge in [-0.05, 0) is 25.5 Å². The number of carbonyl (C=O) groups is 1. The summed E-state index contributed by atoms with van der Waals surface area (Å²) in [6.45, 7) is 4.07. The second-order valence-electron chi connectivity index (χ2n) is 4.05. The summed E-state index contributed by atoms with van der Waals surface area (Å²) < 4.78 is 15.8. The van der Waals surface area contributed by atoms with E-state index in [4.69, 9.17) is 19.9 Å². The lowest BCUT2D eigenvalue weighted by atomic mass is 10.2. The van der Waals surface area contributed by atoms with Crippen LogP contribution < -0.4 is 15.2 Å². The van der Waals surface area contributed by atoms with E-state index in [0.717, 1.165) is 6.42 Å². The zero-order chi connectivity index (χ0) is 14.3. The van der Waals surface area contributed by atoms with Crippen LogP contribution in [0.25, 0.3) is 0 Å². The smallest absolute Gasteiger partial charge is 0.347 e. The van der Waals surface area contributed by atoms with Crippen LogP contribution in [0.1, 0.15) is 26.7 Å². The molecule has 5 nitrogen and oxygen atoms in total. The number of esters is 1. The Morgan fingerprint density at radius 2 is 2.11 bits per heavy atom. The van der Waals surface area contributed by atoms with Gasteiger partial charge in [0.25, 0.3) is 0 Å². The number of nitrogens with two attached hydrogens (primary N) is 1. The summed E-state index contributed by atoms with van der Waals surface area (Å²) in [6.07, 6.45) is 0.752. The molecule has 0 heterocycles. The van der Waals surface area contributed by atoms with Crippen molar-refractivity contribution in [2.24, 2.45) is 0 Å². The molecule has 0 aliphatic heterocycles. The molecule has 1 atom stereocenters. The molecule has 5 heteroatoms. The van der Waals surface area contributed by atoms with Gasteiger partial charge in [0.05, 0.1) is 19.4 Å². The molecule has 0 bridgehead atoms. The molecule has 0 aliphatic rings. The molecular formula is C14H21NO4. The number of carbonyl (C=O) groups excluding carboxylic acids is 1. The summed E-state index contributed by atoms with van der Waals surface area (Å²) in [4.78, 5) is 11.8. The fraction of sp³-hybridized carbons (Fsp3) is 0.500. The first-order valence-corrected chi connectivity index (χ1v) is 6.39. The van der Waals surface area contributed by atoms with Gasteiger partial charge in [0, 0.05) is 6.07 Å². The average Bonchev–Trinajstić information content (AvgIpc) is 2.40. The van der Waals surface area contributed by atoms with Gasteiger partial charge in [0.1, 0.15) is 11.5 Å². The SMILES string of the molecule is CCCC(Oc1cc(OC)ccc1N)C(=O)OCC. The number of ether oxygens (including phenoxy) is 3. The van der Waals surface area contributed by atoms with E-state index in [1.165, 1.54) is 0 Å². The molecule has 0 fully saturated rings. The van der Waals surface area contributed by atoms with E-state index in [1.807, 2.05) is 6.92 Å². The fourth-order valence-corrected chi connectivity index (χ4v) is 1.62. The molecule has 0 aliphatic carbocycles. The van der Waals surface area contributed by atoms with Gasteiger partial charge in [-0.1, -0.05) is 13.3 Å². The molecule has 0 spiro atoms. The molecule has 0 aromatic heterocycles. The number of hydrogen-bond donors (Lipinski definition) is 1. The van der Waals surface area contributed by atoms with Crippen LogP contribution in [-0.2, 0) is 9.53 Å². The van der Waals surface area contributed by atoms with Crippen molar-refractivity contribution in [2.45, 2.75) is 32.8 Å². The van der Waals surface area contributed by atoms with E-state index in [9.17, 15) is 4.79 Å². The third kappa shape index (κ3) is 4.35. The van der Waals surface area contributed by atoms with Crippen molar-refractivity contribution in [3.63, 3.8) is 0 Å². The molecule has 0 radical (unpaired) electrons. The highest BCUT2D eigenvalue weighted by Gasteiger charge is 2.21. The summed E-state index contributed by atoms with van der Waals surface area (Å²) >= 11 is 0. The molecule has 1 rings (SSSR count). The predicted octanol–water partition coefficient (Wildman–Crippen LogP) is 2.39. The highest BCUT2D eigenvalue weighted by molar-refractivity contribution is 5.75. The van der Waals surface area contributed by atoms with E-state index in [1.54, 1.807) is 32.2 Å². The van der Waals surface area contributed by atoms with Crippen molar-refractivity contribution in [3.8, 4) is 11.5 Å². The zero-order valence-corrected chi connectivity index (χ0v) is 11.6. The molecule has 0 saturated heterocycles. The maximum Gasteiger partial charge on any atom is 0.347 e. The lowest BCUT2D eigenvalue weighted by Gasteiger charge is -2.18. The van der Waals surface area contributed by atoms with Crippen molar-refractivity contribution < 1.29 is 19.0 Å². The molecule has 2 N–H and O–H groups in total. The van der Waals surface area contributed by atoms with E-state index in [0.29, 0.717) is 30.2 Å². The van der Waals surface area contributed by atoms with Crippen LogP contribution in [0.4, 0.5) is 5.69 Å². The minimum absolute atomic E-state index is 0.329. The minimum Gasteiger partial charge on any atom is -0.497 e. The molecule has 0 saturated carbocycles. The van der Waals surface area contributed by atoms with Gasteiger partial charge in [-0.25, -0.2) is 4.79 Å². The Morgan fingerprint density at radius 1 is 1.37 bits per heavy atom. The molecule has 1 unspecified atom stereocenters. The molecule has 106 valence electrons. The standard InChI is InChI=1S/C14H21NO4/c1-4-6-12(14(16)18-5-2)19-13-9-10(17-3)7-8-11(13)15/h7-9,12H,4-6,15H2,1-3H3. The first-order chi connectivity index (χ1) is 9.12. The highest BCUT2D eigenvalue weighted by Crippen LogP contribution is 2.28. The second kappa shape index (κ2) is 7.51. The maximum atomic E-state index is 11.8. The lowest BCUT2D eigenvalue weighted by Crippen LogP contribution is -2.29. The molecular weight excluding hydrogens is 246 g/mol. The molecule has 1 aromatic carbocycles. The van der Waals surface area contributed by atoms with Gasteiger partial charge < -0.3 is 19.9 Å². The van der Waals surface area contributed by atoms with E-state index in [2.05, 4.69) is 0 Å². The van der Waals surface area contributed by atoms with Gasteiger partial charge in [-0.2, -0.15) is 0 Å². The molecule has 1 aromatic rings. The van der Waals surface area contributed by atoms with Gasteiger partial charge in [-0.3, -0.25) is 0 Å². The topological polar surface area (TPSA) is 70.8 Å². The molecule has 19 heavy (non-hydrogen) atoms. The third-order valence-electron chi connectivity index (χ3n) is 2.59. The van der Waals surface area contributed by atoms with E-state index >= 15 is 0 Å². The Morgan fingerprint density at radius 3 is 2.68 bits per heavy atom. The van der Waals surface area contributed by atoms with Crippen LogP contribution in [0.15, 0.2) is 18.2 Å². The van der Waals surface area contributed by atoms with Crippen LogP contribution in [0.2, 0.25) is 0 Å².